The van der Waals surface area contributed by atoms with Gasteiger partial charge in [-0.1, -0.05) is 13.8 Å². The van der Waals surface area contributed by atoms with Gasteiger partial charge in [0.15, 0.2) is 11.6 Å². The molecule has 1 rings (SSSR count). The van der Waals surface area contributed by atoms with Crippen LogP contribution < -0.4 is 10.6 Å². The Balaban J connectivity index is 2.58. The van der Waals surface area contributed by atoms with Crippen LogP contribution in [0, 0.1) is 17.6 Å². The topological polar surface area (TPSA) is 95.5 Å². The predicted octanol–water partition coefficient (Wildman–Crippen LogP) is 0.920. The zero-order valence-corrected chi connectivity index (χ0v) is 12.0. The Hall–Kier alpha value is -2.51. The fourth-order valence-electron chi connectivity index (χ4n) is 1.64. The first-order valence-corrected chi connectivity index (χ1v) is 6.47. The minimum atomic E-state index is -1.18. The molecule has 0 unspecified atom stereocenters. The molecular formula is C14H16F2N2O4. The van der Waals surface area contributed by atoms with Gasteiger partial charge in [-0.05, 0) is 24.1 Å². The number of amides is 2. The van der Waals surface area contributed by atoms with Crippen molar-refractivity contribution in [2.24, 2.45) is 5.92 Å². The summed E-state index contributed by atoms with van der Waals surface area (Å²) in [6.07, 6.45) is 0. The summed E-state index contributed by atoms with van der Waals surface area (Å²) in [5.41, 5.74) is -0.148. The van der Waals surface area contributed by atoms with E-state index < -0.39 is 42.0 Å². The molecule has 8 heteroatoms. The fraction of sp³-hybridized carbons (Fsp3) is 0.357. The van der Waals surface area contributed by atoms with Gasteiger partial charge < -0.3 is 15.7 Å². The van der Waals surface area contributed by atoms with Crippen LogP contribution in [-0.2, 0) is 9.59 Å². The number of benzene rings is 1. The number of carbonyl (C=O) groups excluding carboxylic acids is 2. The Morgan fingerprint density at radius 1 is 1.18 bits per heavy atom. The van der Waals surface area contributed by atoms with E-state index in [0.29, 0.717) is 6.07 Å². The zero-order chi connectivity index (χ0) is 16.9. The van der Waals surface area contributed by atoms with Crippen molar-refractivity contribution in [3.63, 3.8) is 0 Å². The molecule has 0 bridgehead atoms. The number of carboxylic acids is 1. The number of aliphatic carboxylic acids is 1. The highest BCUT2D eigenvalue weighted by Gasteiger charge is 2.23. The van der Waals surface area contributed by atoms with Gasteiger partial charge in [0.1, 0.15) is 6.04 Å². The van der Waals surface area contributed by atoms with Gasteiger partial charge in [-0.25, -0.2) is 13.6 Å². The van der Waals surface area contributed by atoms with Crippen LogP contribution in [0.15, 0.2) is 18.2 Å². The lowest BCUT2D eigenvalue weighted by Gasteiger charge is -2.18. The fourth-order valence-corrected chi connectivity index (χ4v) is 1.64. The second-order valence-electron chi connectivity index (χ2n) is 4.94. The van der Waals surface area contributed by atoms with Crippen molar-refractivity contribution in [2.45, 2.75) is 19.9 Å². The molecule has 22 heavy (non-hydrogen) atoms. The number of hydrogen-bond acceptors (Lipinski definition) is 3. The van der Waals surface area contributed by atoms with Crippen molar-refractivity contribution in [1.29, 1.82) is 0 Å². The molecule has 2 amide bonds. The van der Waals surface area contributed by atoms with Crippen molar-refractivity contribution in [3.05, 3.63) is 35.4 Å². The molecule has 0 aliphatic carbocycles. The lowest BCUT2D eigenvalue weighted by molar-refractivity contribution is -0.142. The van der Waals surface area contributed by atoms with Crippen LogP contribution in [0.5, 0.6) is 0 Å². The molecule has 0 aromatic heterocycles. The molecule has 3 N–H and O–H groups in total. The molecule has 1 atom stereocenters. The van der Waals surface area contributed by atoms with E-state index in [-0.39, 0.29) is 11.5 Å². The standard InChI is InChI=1S/C14H16F2N2O4/c1-7(2)12(14(21)22)18-11(19)6-17-13(20)8-3-4-9(15)10(16)5-8/h3-5,7,12H,6H2,1-2H3,(H,17,20)(H,18,19)(H,21,22)/t12-/m0/s1. The number of hydrogen-bond donors (Lipinski definition) is 3. The highest BCUT2D eigenvalue weighted by atomic mass is 19.2. The molecule has 120 valence electrons. The minimum absolute atomic E-state index is 0.148. The van der Waals surface area contributed by atoms with Crippen LogP contribution >= 0.6 is 0 Å². The normalized spacial score (nSPS) is 11.9. The number of carbonyl (C=O) groups is 3. The van der Waals surface area contributed by atoms with E-state index in [0.717, 1.165) is 12.1 Å². The van der Waals surface area contributed by atoms with Crippen molar-refractivity contribution in [2.75, 3.05) is 6.54 Å². The van der Waals surface area contributed by atoms with Crippen LogP contribution in [0.4, 0.5) is 8.78 Å². The van der Waals surface area contributed by atoms with E-state index in [1.165, 1.54) is 0 Å². The largest absolute Gasteiger partial charge is 0.480 e. The SMILES string of the molecule is CC(C)[C@H](NC(=O)CNC(=O)c1ccc(F)c(F)c1)C(=O)O. The van der Waals surface area contributed by atoms with Gasteiger partial charge in [-0.15, -0.1) is 0 Å². The molecule has 1 aromatic carbocycles. The van der Waals surface area contributed by atoms with Crippen LogP contribution in [0.1, 0.15) is 24.2 Å². The van der Waals surface area contributed by atoms with Crippen molar-refractivity contribution in [1.82, 2.24) is 10.6 Å². The summed E-state index contributed by atoms with van der Waals surface area (Å²) in [6.45, 7) is 2.77. The maximum atomic E-state index is 13.0. The Bertz CT molecular complexity index is 590. The average Bonchev–Trinajstić information content (AvgIpc) is 2.44. The van der Waals surface area contributed by atoms with Gasteiger partial charge in [-0.3, -0.25) is 9.59 Å². The number of halogens is 2. The van der Waals surface area contributed by atoms with Gasteiger partial charge in [0.25, 0.3) is 5.91 Å². The molecule has 0 aliphatic rings. The molecule has 0 spiro atoms. The predicted molar refractivity (Wildman–Crippen MR) is 73.1 cm³/mol. The summed E-state index contributed by atoms with van der Waals surface area (Å²) < 4.78 is 25.7. The molecule has 0 aliphatic heterocycles. The quantitative estimate of drug-likeness (QED) is 0.727. The van der Waals surface area contributed by atoms with E-state index >= 15 is 0 Å². The van der Waals surface area contributed by atoms with Crippen molar-refractivity contribution in [3.8, 4) is 0 Å². The van der Waals surface area contributed by atoms with E-state index in [9.17, 15) is 23.2 Å². The van der Waals surface area contributed by atoms with Crippen LogP contribution in [0.3, 0.4) is 0 Å². The molecular weight excluding hydrogens is 298 g/mol. The molecule has 0 heterocycles. The van der Waals surface area contributed by atoms with Crippen LogP contribution in [0.2, 0.25) is 0 Å². The third kappa shape index (κ3) is 4.80. The third-order valence-electron chi connectivity index (χ3n) is 2.84. The third-order valence-corrected chi connectivity index (χ3v) is 2.84. The van der Waals surface area contributed by atoms with Crippen molar-refractivity contribution < 1.29 is 28.3 Å². The number of carboxylic acid groups (broad SMARTS) is 1. The highest BCUT2D eigenvalue weighted by molar-refractivity contribution is 5.96. The van der Waals surface area contributed by atoms with E-state index in [1.807, 2.05) is 0 Å². The number of nitrogens with one attached hydrogen (secondary N) is 2. The monoisotopic (exact) mass is 314 g/mol. The summed E-state index contributed by atoms with van der Waals surface area (Å²) in [4.78, 5) is 34.2. The summed E-state index contributed by atoms with van der Waals surface area (Å²) in [5, 5.41) is 13.4. The maximum Gasteiger partial charge on any atom is 0.326 e. The lowest BCUT2D eigenvalue weighted by atomic mass is 10.1. The average molecular weight is 314 g/mol. The van der Waals surface area contributed by atoms with Crippen molar-refractivity contribution >= 4 is 17.8 Å². The molecule has 0 fully saturated rings. The minimum Gasteiger partial charge on any atom is -0.480 e. The zero-order valence-electron chi connectivity index (χ0n) is 12.0. The van der Waals surface area contributed by atoms with Gasteiger partial charge >= 0.3 is 5.97 Å². The Kier molecular flexibility index (Phi) is 5.97. The van der Waals surface area contributed by atoms with Gasteiger partial charge in [-0.2, -0.15) is 0 Å². The molecule has 0 saturated carbocycles. The molecule has 0 saturated heterocycles. The molecule has 0 radical (unpaired) electrons. The molecule has 6 nitrogen and oxygen atoms in total. The highest BCUT2D eigenvalue weighted by Crippen LogP contribution is 2.08. The van der Waals surface area contributed by atoms with Gasteiger partial charge in [0, 0.05) is 5.56 Å². The second-order valence-corrected chi connectivity index (χ2v) is 4.94. The lowest BCUT2D eigenvalue weighted by Crippen LogP contribution is -2.48. The maximum absolute atomic E-state index is 13.0. The smallest absolute Gasteiger partial charge is 0.326 e. The Morgan fingerprint density at radius 3 is 2.32 bits per heavy atom. The summed E-state index contributed by atoms with van der Waals surface area (Å²) in [5.74, 6) is -5.25. The Morgan fingerprint density at radius 2 is 1.82 bits per heavy atom. The number of rotatable bonds is 6. The summed E-state index contributed by atoms with van der Waals surface area (Å²) >= 11 is 0. The van der Waals surface area contributed by atoms with E-state index in [4.69, 9.17) is 5.11 Å². The first-order chi connectivity index (χ1) is 10.2. The van der Waals surface area contributed by atoms with Gasteiger partial charge in [0.05, 0.1) is 6.54 Å². The van der Waals surface area contributed by atoms with Crippen LogP contribution in [0.25, 0.3) is 0 Å². The first-order valence-electron chi connectivity index (χ1n) is 6.47. The first kappa shape index (κ1) is 17.5. The van der Waals surface area contributed by atoms with Gasteiger partial charge in [0.2, 0.25) is 5.91 Å². The second kappa shape index (κ2) is 7.48. The van der Waals surface area contributed by atoms with E-state index in [2.05, 4.69) is 10.6 Å². The summed E-state index contributed by atoms with van der Waals surface area (Å²) in [7, 11) is 0. The Labute approximate surface area is 125 Å². The van der Waals surface area contributed by atoms with E-state index in [1.54, 1.807) is 13.8 Å². The van der Waals surface area contributed by atoms with Crippen LogP contribution in [-0.4, -0.2) is 35.5 Å². The summed E-state index contributed by atoms with van der Waals surface area (Å²) in [6, 6.07) is 1.49. The molecule has 1 aromatic rings.